The van der Waals surface area contributed by atoms with Gasteiger partial charge in [0.1, 0.15) is 0 Å². The van der Waals surface area contributed by atoms with Gasteiger partial charge in [0.2, 0.25) is 0 Å². The van der Waals surface area contributed by atoms with E-state index in [1.165, 1.54) is 4.88 Å². The third kappa shape index (κ3) is 3.38. The molecule has 13 heavy (non-hydrogen) atoms. The van der Waals surface area contributed by atoms with E-state index in [2.05, 4.69) is 34.2 Å². The fourth-order valence-electron chi connectivity index (χ4n) is 1.12. The quantitative estimate of drug-likeness (QED) is 0.876. The molecular weight excluding hydrogens is 250 g/mol. The van der Waals surface area contributed by atoms with E-state index in [1.54, 1.807) is 11.3 Å². The van der Waals surface area contributed by atoms with Gasteiger partial charge in [0, 0.05) is 17.0 Å². The fourth-order valence-corrected chi connectivity index (χ4v) is 2.56. The number of rotatable bonds is 4. The van der Waals surface area contributed by atoms with Gasteiger partial charge >= 0.3 is 0 Å². The van der Waals surface area contributed by atoms with Crippen LogP contribution in [0.3, 0.4) is 0 Å². The van der Waals surface area contributed by atoms with E-state index in [0.29, 0.717) is 6.04 Å². The minimum atomic E-state index is 0.149. The SMILES string of the molecule is C[C@H](N[C@@H](C)CO)c1ccc(Br)s1. The third-order valence-electron chi connectivity index (χ3n) is 1.83. The molecule has 4 heteroatoms. The molecule has 2 N–H and O–H groups in total. The van der Waals surface area contributed by atoms with Crippen molar-refractivity contribution in [2.45, 2.75) is 25.9 Å². The summed E-state index contributed by atoms with van der Waals surface area (Å²) in [6.45, 7) is 4.25. The highest BCUT2D eigenvalue weighted by atomic mass is 79.9. The molecule has 1 heterocycles. The number of halogens is 1. The van der Waals surface area contributed by atoms with Crippen LogP contribution in [-0.4, -0.2) is 17.8 Å². The number of aliphatic hydroxyl groups excluding tert-OH is 1. The van der Waals surface area contributed by atoms with Crippen LogP contribution in [0, 0.1) is 0 Å². The lowest BCUT2D eigenvalue weighted by Gasteiger charge is -2.16. The summed E-state index contributed by atoms with van der Waals surface area (Å²) in [4.78, 5) is 1.28. The lowest BCUT2D eigenvalue weighted by Crippen LogP contribution is -2.31. The minimum Gasteiger partial charge on any atom is -0.395 e. The first-order valence-corrected chi connectivity index (χ1v) is 5.86. The summed E-state index contributed by atoms with van der Waals surface area (Å²) >= 11 is 5.15. The summed E-state index contributed by atoms with van der Waals surface area (Å²) in [7, 11) is 0. The number of hydrogen-bond acceptors (Lipinski definition) is 3. The van der Waals surface area contributed by atoms with Crippen molar-refractivity contribution in [1.29, 1.82) is 0 Å². The molecule has 2 atom stereocenters. The Morgan fingerprint density at radius 2 is 2.23 bits per heavy atom. The van der Waals surface area contributed by atoms with Gasteiger partial charge in [0.15, 0.2) is 0 Å². The van der Waals surface area contributed by atoms with Crippen molar-refractivity contribution >= 4 is 27.3 Å². The first-order valence-electron chi connectivity index (χ1n) is 4.25. The maximum Gasteiger partial charge on any atom is 0.0701 e. The predicted molar refractivity (Wildman–Crippen MR) is 60.1 cm³/mol. The zero-order chi connectivity index (χ0) is 9.84. The molecule has 0 aliphatic heterocycles. The van der Waals surface area contributed by atoms with Crippen molar-refractivity contribution in [1.82, 2.24) is 5.32 Å². The number of thiophene rings is 1. The molecule has 1 aromatic heterocycles. The molecule has 0 fully saturated rings. The maximum atomic E-state index is 8.87. The molecular formula is C9H14BrNOS. The zero-order valence-electron chi connectivity index (χ0n) is 7.75. The first kappa shape index (κ1) is 11.2. The molecule has 1 aromatic rings. The van der Waals surface area contributed by atoms with E-state index in [-0.39, 0.29) is 12.6 Å². The largest absolute Gasteiger partial charge is 0.395 e. The van der Waals surface area contributed by atoms with E-state index in [0.717, 1.165) is 3.79 Å². The average molecular weight is 264 g/mol. The predicted octanol–water partition coefficient (Wildman–Crippen LogP) is 2.54. The van der Waals surface area contributed by atoms with Crippen molar-refractivity contribution in [3.05, 3.63) is 20.8 Å². The second kappa shape index (κ2) is 5.10. The molecule has 74 valence electrons. The van der Waals surface area contributed by atoms with Gasteiger partial charge in [-0.25, -0.2) is 0 Å². The Hall–Kier alpha value is 0.1000. The minimum absolute atomic E-state index is 0.149. The topological polar surface area (TPSA) is 32.3 Å². The van der Waals surface area contributed by atoms with Crippen LogP contribution in [0.5, 0.6) is 0 Å². The Bertz CT molecular complexity index is 264. The first-order chi connectivity index (χ1) is 6.13. The van der Waals surface area contributed by atoms with E-state index >= 15 is 0 Å². The Morgan fingerprint density at radius 3 is 2.69 bits per heavy atom. The highest BCUT2D eigenvalue weighted by molar-refractivity contribution is 9.11. The zero-order valence-corrected chi connectivity index (χ0v) is 10.2. The Balaban J connectivity index is 2.53. The molecule has 2 nitrogen and oxygen atoms in total. The van der Waals surface area contributed by atoms with Crippen LogP contribution >= 0.6 is 27.3 Å². The van der Waals surface area contributed by atoms with Crippen LogP contribution in [0.2, 0.25) is 0 Å². The molecule has 0 saturated carbocycles. The molecule has 0 spiro atoms. The van der Waals surface area contributed by atoms with Crippen molar-refractivity contribution in [3.63, 3.8) is 0 Å². The summed E-state index contributed by atoms with van der Waals surface area (Å²) < 4.78 is 1.15. The summed E-state index contributed by atoms with van der Waals surface area (Å²) in [5.74, 6) is 0. The van der Waals surface area contributed by atoms with Gasteiger partial charge in [-0.1, -0.05) is 0 Å². The van der Waals surface area contributed by atoms with Gasteiger partial charge < -0.3 is 10.4 Å². The van der Waals surface area contributed by atoms with E-state index in [1.807, 2.05) is 13.0 Å². The molecule has 1 rings (SSSR count). The summed E-state index contributed by atoms with van der Waals surface area (Å²) in [5, 5.41) is 12.2. The Morgan fingerprint density at radius 1 is 1.54 bits per heavy atom. The van der Waals surface area contributed by atoms with Crippen LogP contribution in [0.4, 0.5) is 0 Å². The van der Waals surface area contributed by atoms with Gasteiger partial charge in [0.25, 0.3) is 0 Å². The molecule has 0 amide bonds. The van der Waals surface area contributed by atoms with E-state index in [9.17, 15) is 0 Å². The highest BCUT2D eigenvalue weighted by Gasteiger charge is 2.10. The summed E-state index contributed by atoms with van der Waals surface area (Å²) in [5.41, 5.74) is 0. The molecule has 0 unspecified atom stereocenters. The molecule has 0 saturated heterocycles. The molecule has 0 aliphatic carbocycles. The summed E-state index contributed by atoms with van der Waals surface area (Å²) in [6, 6.07) is 4.59. The van der Waals surface area contributed by atoms with Crippen LogP contribution in [0.25, 0.3) is 0 Å². The van der Waals surface area contributed by atoms with Gasteiger partial charge in [-0.2, -0.15) is 0 Å². The van der Waals surface area contributed by atoms with Crippen LogP contribution in [-0.2, 0) is 0 Å². The highest BCUT2D eigenvalue weighted by Crippen LogP contribution is 2.27. The van der Waals surface area contributed by atoms with Crippen LogP contribution in [0.1, 0.15) is 24.8 Å². The van der Waals surface area contributed by atoms with Gasteiger partial charge in [-0.15, -0.1) is 11.3 Å². The number of nitrogens with one attached hydrogen (secondary N) is 1. The van der Waals surface area contributed by atoms with Gasteiger partial charge in [0.05, 0.1) is 10.4 Å². The standard InChI is InChI=1S/C9H14BrNOS/c1-6(5-12)11-7(2)8-3-4-9(10)13-8/h3-4,6-7,11-12H,5H2,1-2H3/t6-,7-/m0/s1. The molecule has 0 bridgehead atoms. The average Bonchev–Trinajstić information content (AvgIpc) is 2.51. The van der Waals surface area contributed by atoms with Crippen molar-refractivity contribution in [2.24, 2.45) is 0 Å². The van der Waals surface area contributed by atoms with Crippen molar-refractivity contribution in [2.75, 3.05) is 6.61 Å². The smallest absolute Gasteiger partial charge is 0.0701 e. The van der Waals surface area contributed by atoms with E-state index < -0.39 is 0 Å². The fraction of sp³-hybridized carbons (Fsp3) is 0.556. The molecule has 0 aromatic carbocycles. The lowest BCUT2D eigenvalue weighted by atomic mass is 10.2. The third-order valence-corrected chi connectivity index (χ3v) is 3.64. The Kier molecular flexibility index (Phi) is 4.38. The monoisotopic (exact) mass is 263 g/mol. The number of hydrogen-bond donors (Lipinski definition) is 2. The van der Waals surface area contributed by atoms with E-state index in [4.69, 9.17) is 5.11 Å². The Labute approximate surface area is 91.1 Å². The number of aliphatic hydroxyl groups is 1. The lowest BCUT2D eigenvalue weighted by molar-refractivity contribution is 0.243. The summed E-state index contributed by atoms with van der Waals surface area (Å²) in [6.07, 6.45) is 0. The van der Waals surface area contributed by atoms with Crippen LogP contribution in [0.15, 0.2) is 15.9 Å². The van der Waals surface area contributed by atoms with Crippen molar-refractivity contribution < 1.29 is 5.11 Å². The molecule has 0 radical (unpaired) electrons. The maximum absolute atomic E-state index is 8.87. The van der Waals surface area contributed by atoms with Gasteiger partial charge in [-0.3, -0.25) is 0 Å². The van der Waals surface area contributed by atoms with Crippen LogP contribution < -0.4 is 5.32 Å². The van der Waals surface area contributed by atoms with Gasteiger partial charge in [-0.05, 0) is 41.9 Å². The normalized spacial score (nSPS) is 15.7. The second-order valence-electron chi connectivity index (χ2n) is 3.11. The molecule has 0 aliphatic rings. The second-order valence-corrected chi connectivity index (χ2v) is 5.61. The van der Waals surface area contributed by atoms with Crippen molar-refractivity contribution in [3.8, 4) is 0 Å².